The second kappa shape index (κ2) is 6.30. The highest BCUT2D eigenvalue weighted by Crippen LogP contribution is 2.27. The number of pyridine rings is 1. The molecule has 0 unspecified atom stereocenters. The third-order valence-electron chi connectivity index (χ3n) is 5.10. The molecule has 0 bridgehead atoms. The van der Waals surface area contributed by atoms with Gasteiger partial charge in [0.2, 0.25) is 10.0 Å². The lowest BCUT2D eigenvalue weighted by Gasteiger charge is -2.14. The zero-order chi connectivity index (χ0) is 19.3. The third kappa shape index (κ3) is 2.73. The van der Waals surface area contributed by atoms with Crippen LogP contribution in [0.4, 0.5) is 0 Å². The SMILES string of the molecule is O=c1[nH]c2ccccc2cc1-c1cc2cc(S(=O)(=O)N3CCNC3)ccc2[nH]1. The van der Waals surface area contributed by atoms with Crippen molar-refractivity contribution in [2.24, 2.45) is 0 Å². The van der Waals surface area contributed by atoms with Gasteiger partial charge in [-0.25, -0.2) is 8.42 Å². The summed E-state index contributed by atoms with van der Waals surface area (Å²) in [6.07, 6.45) is 0. The van der Waals surface area contributed by atoms with E-state index in [9.17, 15) is 13.2 Å². The fourth-order valence-electron chi connectivity index (χ4n) is 3.60. The first kappa shape index (κ1) is 17.2. The summed E-state index contributed by atoms with van der Waals surface area (Å²) in [5, 5.41) is 4.71. The van der Waals surface area contributed by atoms with E-state index in [0.717, 1.165) is 21.8 Å². The van der Waals surface area contributed by atoms with E-state index in [1.54, 1.807) is 18.2 Å². The number of aromatic amines is 2. The second-order valence-electron chi connectivity index (χ2n) is 6.87. The van der Waals surface area contributed by atoms with Crippen LogP contribution in [0.25, 0.3) is 33.1 Å². The summed E-state index contributed by atoms with van der Waals surface area (Å²) in [6.45, 7) is 1.44. The molecule has 0 aliphatic carbocycles. The van der Waals surface area contributed by atoms with Gasteiger partial charge >= 0.3 is 0 Å². The molecule has 1 saturated heterocycles. The van der Waals surface area contributed by atoms with E-state index in [1.807, 2.05) is 36.4 Å². The van der Waals surface area contributed by atoms with Crippen LogP contribution in [0.5, 0.6) is 0 Å². The number of fused-ring (bicyclic) bond motifs is 2. The molecule has 0 amide bonds. The van der Waals surface area contributed by atoms with E-state index in [1.165, 1.54) is 4.31 Å². The van der Waals surface area contributed by atoms with Gasteiger partial charge in [0.1, 0.15) is 0 Å². The minimum Gasteiger partial charge on any atom is -0.354 e. The summed E-state index contributed by atoms with van der Waals surface area (Å²) in [5.74, 6) is 0. The normalized spacial score (nSPS) is 15.6. The standard InChI is InChI=1S/C20H18N4O3S/c25-20-16(10-13-3-1-2-4-17(13)23-20)19-11-14-9-15(5-6-18(14)22-19)28(26,27)24-8-7-21-12-24/h1-6,9-11,21-22H,7-8,12H2,(H,23,25). The van der Waals surface area contributed by atoms with Crippen LogP contribution < -0.4 is 10.9 Å². The molecule has 0 atom stereocenters. The topological polar surface area (TPSA) is 98.1 Å². The molecule has 8 heteroatoms. The number of nitrogens with one attached hydrogen (secondary N) is 3. The Bertz CT molecular complexity index is 1370. The van der Waals surface area contributed by atoms with Gasteiger partial charge in [0.15, 0.2) is 0 Å². The molecule has 28 heavy (non-hydrogen) atoms. The number of nitrogens with zero attached hydrogens (tertiary/aromatic N) is 1. The molecule has 0 spiro atoms. The molecule has 1 fully saturated rings. The molecule has 142 valence electrons. The van der Waals surface area contributed by atoms with E-state index in [0.29, 0.717) is 31.0 Å². The number of rotatable bonds is 3. The van der Waals surface area contributed by atoms with Gasteiger partial charge in [0.05, 0.1) is 22.8 Å². The monoisotopic (exact) mass is 394 g/mol. The van der Waals surface area contributed by atoms with Crippen LogP contribution in [0.15, 0.2) is 64.3 Å². The largest absolute Gasteiger partial charge is 0.354 e. The van der Waals surface area contributed by atoms with Crippen molar-refractivity contribution in [1.82, 2.24) is 19.6 Å². The van der Waals surface area contributed by atoms with Crippen molar-refractivity contribution in [3.63, 3.8) is 0 Å². The zero-order valence-electron chi connectivity index (χ0n) is 14.9. The van der Waals surface area contributed by atoms with Crippen LogP contribution in [0, 0.1) is 0 Å². The maximum Gasteiger partial charge on any atom is 0.257 e. The van der Waals surface area contributed by atoms with Crippen LogP contribution in [-0.4, -0.2) is 42.4 Å². The molecular formula is C20H18N4O3S. The quantitative estimate of drug-likeness (QED) is 0.496. The van der Waals surface area contributed by atoms with Gasteiger partial charge in [0, 0.05) is 29.5 Å². The van der Waals surface area contributed by atoms with Gasteiger partial charge in [-0.15, -0.1) is 0 Å². The lowest BCUT2D eigenvalue weighted by Crippen LogP contribution is -2.29. The van der Waals surface area contributed by atoms with Crippen molar-refractivity contribution in [3.05, 3.63) is 65.0 Å². The maximum atomic E-state index is 12.8. The Morgan fingerprint density at radius 3 is 2.54 bits per heavy atom. The Labute approximate surface area is 161 Å². The van der Waals surface area contributed by atoms with Crippen molar-refractivity contribution in [2.75, 3.05) is 19.8 Å². The van der Waals surface area contributed by atoms with Crippen LogP contribution in [0.2, 0.25) is 0 Å². The number of H-pyrrole nitrogens is 2. The summed E-state index contributed by atoms with van der Waals surface area (Å²) >= 11 is 0. The van der Waals surface area contributed by atoms with Gasteiger partial charge in [-0.1, -0.05) is 18.2 Å². The molecule has 1 aliphatic heterocycles. The van der Waals surface area contributed by atoms with Gasteiger partial charge in [-0.3, -0.25) is 4.79 Å². The number of sulfonamides is 1. The molecule has 3 heterocycles. The Morgan fingerprint density at radius 2 is 1.71 bits per heavy atom. The summed E-state index contributed by atoms with van der Waals surface area (Å²) in [7, 11) is -3.53. The Balaban J connectivity index is 1.61. The maximum absolute atomic E-state index is 12.8. The van der Waals surface area contributed by atoms with E-state index in [-0.39, 0.29) is 10.5 Å². The van der Waals surface area contributed by atoms with Crippen molar-refractivity contribution < 1.29 is 8.42 Å². The second-order valence-corrected chi connectivity index (χ2v) is 8.81. The minimum atomic E-state index is -3.53. The molecule has 3 N–H and O–H groups in total. The average Bonchev–Trinajstić information content (AvgIpc) is 3.37. The van der Waals surface area contributed by atoms with Crippen molar-refractivity contribution in [3.8, 4) is 11.3 Å². The molecule has 5 rings (SSSR count). The number of aromatic nitrogens is 2. The molecule has 0 saturated carbocycles. The Kier molecular flexibility index (Phi) is 3.87. The van der Waals surface area contributed by atoms with E-state index >= 15 is 0 Å². The van der Waals surface area contributed by atoms with E-state index in [2.05, 4.69) is 15.3 Å². The summed E-state index contributed by atoms with van der Waals surface area (Å²) in [6, 6.07) is 16.2. The lowest BCUT2D eigenvalue weighted by molar-refractivity contribution is 0.473. The van der Waals surface area contributed by atoms with Gasteiger partial charge in [0.25, 0.3) is 5.56 Å². The fraction of sp³-hybridized carbons (Fsp3) is 0.150. The minimum absolute atomic E-state index is 0.193. The molecular weight excluding hydrogens is 376 g/mol. The van der Waals surface area contributed by atoms with Gasteiger partial charge in [-0.05, 0) is 41.8 Å². The molecule has 1 aliphatic rings. The lowest BCUT2D eigenvalue weighted by atomic mass is 10.1. The zero-order valence-corrected chi connectivity index (χ0v) is 15.7. The number of hydrogen-bond donors (Lipinski definition) is 3. The predicted octanol–water partition coefficient (Wildman–Crippen LogP) is 2.23. The van der Waals surface area contributed by atoms with E-state index < -0.39 is 10.0 Å². The highest BCUT2D eigenvalue weighted by Gasteiger charge is 2.27. The Hall–Kier alpha value is -2.94. The van der Waals surface area contributed by atoms with Gasteiger partial charge < -0.3 is 15.3 Å². The molecule has 0 radical (unpaired) electrons. The van der Waals surface area contributed by atoms with Crippen LogP contribution >= 0.6 is 0 Å². The summed E-state index contributed by atoms with van der Waals surface area (Å²) in [4.78, 5) is 18.9. The van der Waals surface area contributed by atoms with Crippen molar-refractivity contribution >= 4 is 31.8 Å². The summed E-state index contributed by atoms with van der Waals surface area (Å²) in [5.41, 5.74) is 2.53. The first-order valence-electron chi connectivity index (χ1n) is 8.98. The number of hydrogen-bond acceptors (Lipinski definition) is 4. The van der Waals surface area contributed by atoms with Gasteiger partial charge in [-0.2, -0.15) is 4.31 Å². The molecule has 2 aromatic heterocycles. The van der Waals surface area contributed by atoms with Crippen LogP contribution in [-0.2, 0) is 10.0 Å². The first-order chi connectivity index (χ1) is 13.5. The smallest absolute Gasteiger partial charge is 0.257 e. The molecule has 2 aromatic carbocycles. The fourth-order valence-corrected chi connectivity index (χ4v) is 5.01. The highest BCUT2D eigenvalue weighted by molar-refractivity contribution is 7.89. The highest BCUT2D eigenvalue weighted by atomic mass is 32.2. The summed E-state index contributed by atoms with van der Waals surface area (Å²) < 4.78 is 27.0. The van der Waals surface area contributed by atoms with Crippen LogP contribution in [0.1, 0.15) is 0 Å². The average molecular weight is 394 g/mol. The third-order valence-corrected chi connectivity index (χ3v) is 6.94. The van der Waals surface area contributed by atoms with E-state index in [4.69, 9.17) is 0 Å². The first-order valence-corrected chi connectivity index (χ1v) is 10.4. The Morgan fingerprint density at radius 1 is 0.893 bits per heavy atom. The van der Waals surface area contributed by atoms with Crippen molar-refractivity contribution in [1.29, 1.82) is 0 Å². The number of para-hydroxylation sites is 1. The predicted molar refractivity (Wildman–Crippen MR) is 109 cm³/mol. The molecule has 4 aromatic rings. The number of benzene rings is 2. The van der Waals surface area contributed by atoms with Crippen molar-refractivity contribution in [2.45, 2.75) is 4.90 Å². The van der Waals surface area contributed by atoms with Crippen LogP contribution in [0.3, 0.4) is 0 Å². The molecule has 7 nitrogen and oxygen atoms in total.